The summed E-state index contributed by atoms with van der Waals surface area (Å²) < 4.78 is 0. The van der Waals surface area contributed by atoms with Gasteiger partial charge in [-0.15, -0.1) is 0 Å². The van der Waals surface area contributed by atoms with Crippen LogP contribution in [0.1, 0.15) is 86.5 Å². The van der Waals surface area contributed by atoms with Gasteiger partial charge >= 0.3 is 0 Å². The van der Waals surface area contributed by atoms with Gasteiger partial charge in [-0.1, -0.05) is 73.6 Å². The predicted molar refractivity (Wildman–Crippen MR) is 80.3 cm³/mol. The van der Waals surface area contributed by atoms with Crippen molar-refractivity contribution >= 4 is 0 Å². The lowest BCUT2D eigenvalue weighted by Crippen LogP contribution is -2.15. The van der Waals surface area contributed by atoms with E-state index in [-0.39, 0.29) is 0 Å². The van der Waals surface area contributed by atoms with Gasteiger partial charge in [-0.3, -0.25) is 0 Å². The van der Waals surface area contributed by atoms with Crippen molar-refractivity contribution in [1.29, 1.82) is 0 Å². The molecule has 0 saturated heterocycles. The van der Waals surface area contributed by atoms with Crippen LogP contribution in [0.2, 0.25) is 0 Å². The highest BCUT2D eigenvalue weighted by atomic mass is 14.2. The highest BCUT2D eigenvalue weighted by Crippen LogP contribution is 2.30. The highest BCUT2D eigenvalue weighted by molar-refractivity contribution is 4.70. The summed E-state index contributed by atoms with van der Waals surface area (Å²) in [4.78, 5) is 0. The van der Waals surface area contributed by atoms with Crippen molar-refractivity contribution < 1.29 is 0 Å². The SMILES string of the molecule is CCCC(CCC(CC)CC)C(C)CC(C)C. The zero-order valence-corrected chi connectivity index (χ0v) is 13.3. The first kappa shape index (κ1) is 17.0. The van der Waals surface area contributed by atoms with Crippen LogP contribution in [0.25, 0.3) is 0 Å². The van der Waals surface area contributed by atoms with Crippen LogP contribution < -0.4 is 0 Å². The molecule has 0 heterocycles. The Hall–Kier alpha value is 0. The maximum Gasteiger partial charge on any atom is -0.0388 e. The summed E-state index contributed by atoms with van der Waals surface area (Å²) in [5.74, 6) is 3.73. The first-order valence-corrected chi connectivity index (χ1v) is 8.04. The molecule has 0 rings (SSSR count). The van der Waals surface area contributed by atoms with Crippen molar-refractivity contribution in [1.82, 2.24) is 0 Å². The van der Waals surface area contributed by atoms with E-state index >= 15 is 0 Å². The molecule has 0 aromatic heterocycles. The number of rotatable bonds is 10. The summed E-state index contributed by atoms with van der Waals surface area (Å²) in [5, 5.41) is 0. The van der Waals surface area contributed by atoms with Crippen molar-refractivity contribution in [2.45, 2.75) is 86.5 Å². The van der Waals surface area contributed by atoms with Crippen molar-refractivity contribution in [3.63, 3.8) is 0 Å². The third kappa shape index (κ3) is 7.84. The lowest BCUT2D eigenvalue weighted by molar-refractivity contribution is 0.248. The Bertz CT molecular complexity index is 155. The van der Waals surface area contributed by atoms with Gasteiger partial charge in [0.2, 0.25) is 0 Å². The predicted octanol–water partition coefficient (Wildman–Crippen LogP) is 6.30. The topological polar surface area (TPSA) is 0 Å². The van der Waals surface area contributed by atoms with E-state index in [1.807, 2.05) is 0 Å². The minimum absolute atomic E-state index is 0.859. The molecule has 0 amide bonds. The van der Waals surface area contributed by atoms with Gasteiger partial charge < -0.3 is 0 Å². The fraction of sp³-hybridized carbons (Fsp3) is 1.00. The Kier molecular flexibility index (Phi) is 9.97. The maximum absolute atomic E-state index is 2.48. The first-order valence-electron chi connectivity index (χ1n) is 8.04. The molecule has 0 N–H and O–H groups in total. The fourth-order valence-electron chi connectivity index (χ4n) is 3.17. The van der Waals surface area contributed by atoms with E-state index in [1.54, 1.807) is 0 Å². The van der Waals surface area contributed by atoms with E-state index in [1.165, 1.54) is 44.9 Å². The molecular weight excluding hydrogens is 204 g/mol. The molecule has 0 heteroatoms. The smallest absolute Gasteiger partial charge is 0.0388 e. The molecule has 2 atom stereocenters. The summed E-state index contributed by atoms with van der Waals surface area (Å²) >= 11 is 0. The third-order valence-corrected chi connectivity index (χ3v) is 4.41. The van der Waals surface area contributed by atoms with Crippen molar-refractivity contribution in [2.75, 3.05) is 0 Å². The Labute approximate surface area is 111 Å². The maximum atomic E-state index is 2.48. The minimum atomic E-state index is 0.859. The Morgan fingerprint density at radius 3 is 1.76 bits per heavy atom. The molecule has 0 nitrogen and oxygen atoms in total. The van der Waals surface area contributed by atoms with Gasteiger partial charge in [-0.05, 0) is 36.5 Å². The number of hydrogen-bond acceptors (Lipinski definition) is 0. The van der Waals surface area contributed by atoms with E-state index in [0.717, 1.165) is 23.7 Å². The van der Waals surface area contributed by atoms with Crippen LogP contribution in [0.5, 0.6) is 0 Å². The van der Waals surface area contributed by atoms with E-state index in [2.05, 4.69) is 41.5 Å². The summed E-state index contributed by atoms with van der Waals surface area (Å²) in [7, 11) is 0. The molecule has 0 fully saturated rings. The Morgan fingerprint density at radius 2 is 1.35 bits per heavy atom. The van der Waals surface area contributed by atoms with Crippen LogP contribution in [0.4, 0.5) is 0 Å². The molecule has 0 aliphatic rings. The van der Waals surface area contributed by atoms with Gasteiger partial charge in [-0.2, -0.15) is 0 Å². The molecule has 0 spiro atoms. The molecule has 0 aliphatic heterocycles. The fourth-order valence-corrected chi connectivity index (χ4v) is 3.17. The first-order chi connectivity index (χ1) is 8.04. The van der Waals surface area contributed by atoms with Crippen molar-refractivity contribution in [3.05, 3.63) is 0 Å². The molecule has 0 radical (unpaired) electrons. The van der Waals surface area contributed by atoms with Gasteiger partial charge in [-0.25, -0.2) is 0 Å². The lowest BCUT2D eigenvalue weighted by Gasteiger charge is -2.26. The van der Waals surface area contributed by atoms with Crippen LogP contribution in [0.3, 0.4) is 0 Å². The van der Waals surface area contributed by atoms with E-state index in [9.17, 15) is 0 Å². The quantitative estimate of drug-likeness (QED) is 0.420. The van der Waals surface area contributed by atoms with E-state index in [4.69, 9.17) is 0 Å². The second-order valence-corrected chi connectivity index (χ2v) is 6.42. The normalized spacial score (nSPS) is 15.5. The average Bonchev–Trinajstić information content (AvgIpc) is 2.27. The zero-order chi connectivity index (χ0) is 13.3. The van der Waals surface area contributed by atoms with E-state index < -0.39 is 0 Å². The zero-order valence-electron chi connectivity index (χ0n) is 13.3. The van der Waals surface area contributed by atoms with Crippen LogP contribution in [-0.2, 0) is 0 Å². The van der Waals surface area contributed by atoms with Crippen LogP contribution in [0.15, 0.2) is 0 Å². The largest absolute Gasteiger partial charge is 0.0654 e. The van der Waals surface area contributed by atoms with Crippen molar-refractivity contribution in [3.8, 4) is 0 Å². The lowest BCUT2D eigenvalue weighted by atomic mass is 9.79. The number of hydrogen-bond donors (Lipinski definition) is 0. The molecule has 0 aromatic carbocycles. The van der Waals surface area contributed by atoms with E-state index in [0.29, 0.717) is 0 Å². The molecular formula is C17H36. The highest BCUT2D eigenvalue weighted by Gasteiger charge is 2.18. The van der Waals surface area contributed by atoms with Crippen LogP contribution in [0, 0.1) is 23.7 Å². The van der Waals surface area contributed by atoms with Crippen molar-refractivity contribution in [2.24, 2.45) is 23.7 Å². The summed E-state index contributed by atoms with van der Waals surface area (Å²) in [6, 6.07) is 0. The average molecular weight is 240 g/mol. The molecule has 17 heavy (non-hydrogen) atoms. The summed E-state index contributed by atoms with van der Waals surface area (Å²) in [6.45, 7) is 14.2. The van der Waals surface area contributed by atoms with Gasteiger partial charge in [0.05, 0.1) is 0 Å². The second kappa shape index (κ2) is 9.97. The second-order valence-electron chi connectivity index (χ2n) is 6.42. The third-order valence-electron chi connectivity index (χ3n) is 4.41. The molecule has 0 aromatic rings. The Morgan fingerprint density at radius 1 is 0.765 bits per heavy atom. The summed E-state index contributed by atoms with van der Waals surface area (Å²) in [6.07, 6.45) is 9.87. The van der Waals surface area contributed by atoms with Gasteiger partial charge in [0.15, 0.2) is 0 Å². The van der Waals surface area contributed by atoms with Crippen LogP contribution in [-0.4, -0.2) is 0 Å². The van der Waals surface area contributed by atoms with Gasteiger partial charge in [0.25, 0.3) is 0 Å². The Balaban J connectivity index is 4.12. The minimum Gasteiger partial charge on any atom is -0.0654 e. The molecule has 0 aliphatic carbocycles. The molecule has 0 bridgehead atoms. The standard InChI is InChI=1S/C17H36/c1-7-10-17(15(6)13-14(4)5)12-11-16(8-2)9-3/h14-17H,7-13H2,1-6H3. The molecule has 104 valence electrons. The molecule has 2 unspecified atom stereocenters. The monoisotopic (exact) mass is 240 g/mol. The van der Waals surface area contributed by atoms with Gasteiger partial charge in [0.1, 0.15) is 0 Å². The molecule has 0 saturated carbocycles. The van der Waals surface area contributed by atoms with Crippen LogP contribution >= 0.6 is 0 Å². The summed E-state index contributed by atoms with van der Waals surface area (Å²) in [5.41, 5.74) is 0. The van der Waals surface area contributed by atoms with Gasteiger partial charge in [0, 0.05) is 0 Å².